The Bertz CT molecular complexity index is 523. The number of pyridine rings is 1. The number of likely N-dealkylation sites (tertiary alicyclic amines) is 1. The second-order valence-electron chi connectivity index (χ2n) is 6.41. The van der Waals surface area contributed by atoms with Gasteiger partial charge in [-0.25, -0.2) is 4.98 Å². The van der Waals surface area contributed by atoms with Gasteiger partial charge in [0, 0.05) is 50.4 Å². The quantitative estimate of drug-likeness (QED) is 0.774. The van der Waals surface area contributed by atoms with E-state index in [-0.39, 0.29) is 0 Å². The van der Waals surface area contributed by atoms with Crippen LogP contribution in [0.15, 0.2) is 31.0 Å². The van der Waals surface area contributed by atoms with E-state index in [4.69, 9.17) is 9.47 Å². The third-order valence-electron chi connectivity index (χ3n) is 4.84. The van der Waals surface area contributed by atoms with Crippen molar-refractivity contribution < 1.29 is 9.47 Å². The first kappa shape index (κ1) is 16.4. The zero-order chi connectivity index (χ0) is 16.1. The maximum Gasteiger partial charge on any atom is 0.217 e. The number of methoxy groups -OCH3 is 1. The van der Waals surface area contributed by atoms with Gasteiger partial charge in [0.15, 0.2) is 0 Å². The predicted molar refractivity (Wildman–Crippen MR) is 90.6 cm³/mol. The molecule has 23 heavy (non-hydrogen) atoms. The van der Waals surface area contributed by atoms with Crippen molar-refractivity contribution in [2.75, 3.05) is 46.4 Å². The lowest BCUT2D eigenvalue weighted by atomic mass is 9.93. The zero-order valence-corrected chi connectivity index (χ0v) is 14.0. The Morgan fingerprint density at radius 2 is 2.30 bits per heavy atom. The van der Waals surface area contributed by atoms with Gasteiger partial charge in [-0.2, -0.15) is 0 Å². The Kier molecular flexibility index (Phi) is 5.65. The number of aromatic nitrogens is 1. The molecule has 2 aliphatic rings. The number of rotatable bonds is 5. The highest BCUT2D eigenvalue weighted by Gasteiger charge is 2.33. The van der Waals surface area contributed by atoms with Crippen LogP contribution in [-0.4, -0.2) is 67.3 Å². The summed E-state index contributed by atoms with van der Waals surface area (Å²) in [6, 6.07) is 4.07. The summed E-state index contributed by atoms with van der Waals surface area (Å²) in [5.41, 5.74) is 1.15. The molecule has 3 heterocycles. The summed E-state index contributed by atoms with van der Waals surface area (Å²) in [5.74, 6) is 1.36. The molecular weight excluding hydrogens is 290 g/mol. The lowest BCUT2D eigenvalue weighted by Gasteiger charge is -2.38. The topological polar surface area (TPSA) is 37.8 Å². The highest BCUT2D eigenvalue weighted by Crippen LogP contribution is 2.26. The van der Waals surface area contributed by atoms with E-state index in [1.54, 1.807) is 13.3 Å². The van der Waals surface area contributed by atoms with Gasteiger partial charge in [0.1, 0.15) is 0 Å². The summed E-state index contributed by atoms with van der Waals surface area (Å²) in [4.78, 5) is 9.21. The number of nitrogens with zero attached hydrogens (tertiary/aromatic N) is 3. The average molecular weight is 317 g/mol. The number of piperidine rings is 1. The van der Waals surface area contributed by atoms with Gasteiger partial charge >= 0.3 is 0 Å². The molecule has 0 radical (unpaired) electrons. The van der Waals surface area contributed by atoms with Crippen molar-refractivity contribution in [1.29, 1.82) is 0 Å². The Hall–Kier alpha value is -1.43. The fourth-order valence-electron chi connectivity index (χ4n) is 3.64. The predicted octanol–water partition coefficient (Wildman–Crippen LogP) is 1.80. The second kappa shape index (κ2) is 7.90. The van der Waals surface area contributed by atoms with E-state index in [0.717, 1.165) is 57.3 Å². The van der Waals surface area contributed by atoms with Crippen molar-refractivity contribution in [1.82, 2.24) is 14.8 Å². The summed E-state index contributed by atoms with van der Waals surface area (Å²) in [5, 5.41) is 0. The molecule has 0 unspecified atom stereocenters. The SMILES string of the molecule is C=CCN1CCO[C@@H]2CN(Cc3cccnc3OC)CC[C@@H]2C1. The standard InChI is InChI=1S/C18H27N3O2/c1-3-8-20-10-11-23-17-14-21(9-6-15(17)12-20)13-16-5-4-7-19-18(16)22-2/h3-5,7,15,17H,1,6,8-14H2,2H3/t15-,17-/m1/s1. The van der Waals surface area contributed by atoms with Crippen LogP contribution in [-0.2, 0) is 11.3 Å². The number of hydrogen-bond acceptors (Lipinski definition) is 5. The van der Waals surface area contributed by atoms with Crippen molar-refractivity contribution in [3.8, 4) is 5.88 Å². The Labute approximate surface area is 138 Å². The molecule has 2 fully saturated rings. The lowest BCUT2D eigenvalue weighted by molar-refractivity contribution is -0.0243. The van der Waals surface area contributed by atoms with Gasteiger partial charge in [-0.05, 0) is 19.0 Å². The highest BCUT2D eigenvalue weighted by molar-refractivity contribution is 5.25. The summed E-state index contributed by atoms with van der Waals surface area (Å²) >= 11 is 0. The van der Waals surface area contributed by atoms with Crippen molar-refractivity contribution in [2.24, 2.45) is 5.92 Å². The molecule has 0 spiro atoms. The Morgan fingerprint density at radius 1 is 1.39 bits per heavy atom. The van der Waals surface area contributed by atoms with Crippen molar-refractivity contribution >= 4 is 0 Å². The first-order valence-electron chi connectivity index (χ1n) is 8.45. The third kappa shape index (κ3) is 4.10. The molecular formula is C18H27N3O2. The molecule has 5 nitrogen and oxygen atoms in total. The van der Waals surface area contributed by atoms with Crippen LogP contribution in [0.1, 0.15) is 12.0 Å². The van der Waals surface area contributed by atoms with E-state index in [1.165, 1.54) is 6.42 Å². The van der Waals surface area contributed by atoms with Crippen molar-refractivity contribution in [3.05, 3.63) is 36.5 Å². The molecule has 1 aromatic heterocycles. The first-order valence-corrected chi connectivity index (χ1v) is 8.45. The molecule has 0 saturated carbocycles. The minimum absolute atomic E-state index is 0.334. The molecule has 126 valence electrons. The summed E-state index contributed by atoms with van der Waals surface area (Å²) < 4.78 is 11.5. The molecule has 5 heteroatoms. The van der Waals surface area contributed by atoms with E-state index < -0.39 is 0 Å². The first-order chi connectivity index (χ1) is 11.3. The smallest absolute Gasteiger partial charge is 0.217 e. The normalized spacial score (nSPS) is 26.3. The monoisotopic (exact) mass is 317 g/mol. The summed E-state index contributed by atoms with van der Waals surface area (Å²) in [6.07, 6.45) is 5.28. The minimum Gasteiger partial charge on any atom is -0.481 e. The summed E-state index contributed by atoms with van der Waals surface area (Å²) in [6.45, 7) is 10.7. The number of ether oxygens (including phenoxy) is 2. The van der Waals surface area contributed by atoms with Crippen LogP contribution in [0.25, 0.3) is 0 Å². The highest BCUT2D eigenvalue weighted by atomic mass is 16.5. The van der Waals surface area contributed by atoms with Gasteiger partial charge in [0.05, 0.1) is 19.8 Å². The van der Waals surface area contributed by atoms with Gasteiger partial charge in [0.25, 0.3) is 0 Å². The van der Waals surface area contributed by atoms with Crippen LogP contribution in [0.3, 0.4) is 0 Å². The molecule has 2 atom stereocenters. The molecule has 0 aliphatic carbocycles. The zero-order valence-electron chi connectivity index (χ0n) is 14.0. The molecule has 0 N–H and O–H groups in total. The van der Waals surface area contributed by atoms with Crippen LogP contribution in [0, 0.1) is 5.92 Å². The van der Waals surface area contributed by atoms with Crippen molar-refractivity contribution in [2.45, 2.75) is 19.1 Å². The van der Waals surface area contributed by atoms with E-state index in [2.05, 4.69) is 27.4 Å². The Morgan fingerprint density at radius 3 is 3.13 bits per heavy atom. The lowest BCUT2D eigenvalue weighted by Crippen LogP contribution is -2.46. The Balaban J connectivity index is 1.60. The molecule has 2 aliphatic heterocycles. The molecule has 3 rings (SSSR count). The second-order valence-corrected chi connectivity index (χ2v) is 6.41. The van der Waals surface area contributed by atoms with Gasteiger partial charge in [-0.15, -0.1) is 6.58 Å². The van der Waals surface area contributed by atoms with Crippen LogP contribution in [0.2, 0.25) is 0 Å². The van der Waals surface area contributed by atoms with Crippen LogP contribution in [0.5, 0.6) is 5.88 Å². The average Bonchev–Trinajstić information content (AvgIpc) is 2.77. The summed E-state index contributed by atoms with van der Waals surface area (Å²) in [7, 11) is 1.68. The largest absolute Gasteiger partial charge is 0.481 e. The molecule has 0 bridgehead atoms. The van der Waals surface area contributed by atoms with E-state index in [0.29, 0.717) is 12.0 Å². The van der Waals surface area contributed by atoms with E-state index in [1.807, 2.05) is 12.1 Å². The third-order valence-corrected chi connectivity index (χ3v) is 4.84. The molecule has 2 saturated heterocycles. The maximum absolute atomic E-state index is 6.14. The van der Waals surface area contributed by atoms with Gasteiger partial charge in [-0.1, -0.05) is 12.1 Å². The number of fused-ring (bicyclic) bond motifs is 1. The van der Waals surface area contributed by atoms with Gasteiger partial charge < -0.3 is 9.47 Å². The fourth-order valence-corrected chi connectivity index (χ4v) is 3.64. The minimum atomic E-state index is 0.334. The maximum atomic E-state index is 6.14. The van der Waals surface area contributed by atoms with E-state index >= 15 is 0 Å². The van der Waals surface area contributed by atoms with Crippen molar-refractivity contribution in [3.63, 3.8) is 0 Å². The van der Waals surface area contributed by atoms with Crippen LogP contribution >= 0.6 is 0 Å². The van der Waals surface area contributed by atoms with Crippen LogP contribution < -0.4 is 4.74 Å². The number of hydrogen-bond donors (Lipinski definition) is 0. The van der Waals surface area contributed by atoms with E-state index in [9.17, 15) is 0 Å². The molecule has 1 aromatic rings. The van der Waals surface area contributed by atoms with Gasteiger partial charge in [0.2, 0.25) is 5.88 Å². The molecule has 0 aromatic carbocycles. The van der Waals surface area contributed by atoms with Gasteiger partial charge in [-0.3, -0.25) is 9.80 Å². The molecule has 0 amide bonds. The fraction of sp³-hybridized carbons (Fsp3) is 0.611. The van der Waals surface area contributed by atoms with Crippen LogP contribution in [0.4, 0.5) is 0 Å².